The average Bonchev–Trinajstić information content (AvgIpc) is 4.05. The van der Waals surface area contributed by atoms with Gasteiger partial charge in [0.05, 0.1) is 45.3 Å². The zero-order valence-electron chi connectivity index (χ0n) is 40.5. The number of nitrogens with two attached hydrogens (primary N) is 2. The lowest BCUT2D eigenvalue weighted by Crippen LogP contribution is -2.57. The molecule has 0 bridgehead atoms. The number of aliphatic hydroxyl groups excluding tert-OH is 1. The number of primary amides is 1. The molecule has 2 aromatic carbocycles. The van der Waals surface area contributed by atoms with Crippen LogP contribution in [-0.4, -0.2) is 111 Å². The van der Waals surface area contributed by atoms with Crippen molar-refractivity contribution in [1.29, 1.82) is 0 Å². The summed E-state index contributed by atoms with van der Waals surface area (Å²) in [5.41, 5.74) is 16.4. The third kappa shape index (κ3) is 14.7. The van der Waals surface area contributed by atoms with Crippen LogP contribution < -0.4 is 32.2 Å². The Morgan fingerprint density at radius 1 is 0.941 bits per heavy atom. The van der Waals surface area contributed by atoms with Gasteiger partial charge in [-0.1, -0.05) is 82.6 Å². The van der Waals surface area contributed by atoms with Gasteiger partial charge in [0.15, 0.2) is 0 Å². The highest BCUT2D eigenvalue weighted by molar-refractivity contribution is 7.13. The third-order valence-corrected chi connectivity index (χ3v) is 14.0. The van der Waals surface area contributed by atoms with Crippen molar-refractivity contribution in [2.75, 3.05) is 19.7 Å². The quantitative estimate of drug-likeness (QED) is 0.0706. The van der Waals surface area contributed by atoms with Gasteiger partial charge in [-0.15, -0.1) is 11.3 Å². The van der Waals surface area contributed by atoms with E-state index in [2.05, 4.69) is 20.9 Å². The molecule has 0 unspecified atom stereocenters. The van der Waals surface area contributed by atoms with Gasteiger partial charge in [0.1, 0.15) is 30.5 Å². The van der Waals surface area contributed by atoms with Crippen LogP contribution in [-0.2, 0) is 35.2 Å². The first-order valence-electron chi connectivity index (χ1n) is 23.8. The van der Waals surface area contributed by atoms with Crippen molar-refractivity contribution in [2.24, 2.45) is 22.8 Å². The van der Waals surface area contributed by atoms with Gasteiger partial charge in [0.2, 0.25) is 35.4 Å². The van der Waals surface area contributed by atoms with Crippen LogP contribution in [0.15, 0.2) is 48.0 Å². The number of amides is 6. The number of aliphatic hydroxyl groups is 1. The molecule has 8 N–H and O–H groups in total. The SMILES string of the molecule is Cc1ncsc1-c1ccc([C@H](C)NC(=O)[C@@H]2C[C@@H](O)CN2C(=O)[C@@H](NC(=O)CCCCc2cccc(OC[C@H](CCC(N)=O)NC(=O)[C@@H]3CCCN3C(=O)[C@@H](N)CC(C)C)c2Cl)C(C)(C)C)cc1. The largest absolute Gasteiger partial charge is 0.490 e. The summed E-state index contributed by atoms with van der Waals surface area (Å²) in [6.07, 6.45) is 2.82. The zero-order valence-corrected chi connectivity index (χ0v) is 42.1. The maximum absolute atomic E-state index is 14.2. The van der Waals surface area contributed by atoms with Gasteiger partial charge < -0.3 is 47.1 Å². The summed E-state index contributed by atoms with van der Waals surface area (Å²) in [5.74, 6) is -1.65. The number of nitrogens with zero attached hydrogens (tertiary/aromatic N) is 3. The van der Waals surface area contributed by atoms with Crippen LogP contribution >= 0.6 is 22.9 Å². The number of benzene rings is 2. The molecule has 2 fully saturated rings. The summed E-state index contributed by atoms with van der Waals surface area (Å²) < 4.78 is 6.12. The minimum atomic E-state index is -0.955. The van der Waals surface area contributed by atoms with E-state index in [1.807, 2.05) is 84.3 Å². The average molecular weight is 980 g/mol. The third-order valence-electron chi connectivity index (χ3n) is 12.6. The Bertz CT molecular complexity index is 2230. The lowest BCUT2D eigenvalue weighted by Gasteiger charge is -2.35. The second kappa shape index (κ2) is 24.4. The first-order chi connectivity index (χ1) is 32.1. The fourth-order valence-electron chi connectivity index (χ4n) is 8.84. The Morgan fingerprint density at radius 2 is 1.65 bits per heavy atom. The number of aromatic nitrogens is 1. The number of rotatable bonds is 22. The van der Waals surface area contributed by atoms with E-state index in [1.54, 1.807) is 28.4 Å². The molecule has 2 aliphatic heterocycles. The van der Waals surface area contributed by atoms with Crippen molar-refractivity contribution in [3.05, 3.63) is 69.8 Å². The normalized spacial score (nSPS) is 19.0. The van der Waals surface area contributed by atoms with Crippen molar-refractivity contribution in [2.45, 2.75) is 155 Å². The fraction of sp³-hybridized carbons (Fsp3) is 0.580. The Kier molecular flexibility index (Phi) is 19.4. The molecule has 0 saturated carbocycles. The second-order valence-electron chi connectivity index (χ2n) is 19.8. The van der Waals surface area contributed by atoms with Crippen LogP contribution in [0.5, 0.6) is 5.75 Å². The van der Waals surface area contributed by atoms with E-state index in [9.17, 15) is 33.9 Å². The van der Waals surface area contributed by atoms with Gasteiger partial charge >= 0.3 is 0 Å². The summed E-state index contributed by atoms with van der Waals surface area (Å²) in [6, 6.07) is 9.07. The Hall–Kier alpha value is -5.10. The highest BCUT2D eigenvalue weighted by Crippen LogP contribution is 2.32. The smallest absolute Gasteiger partial charge is 0.246 e. The summed E-state index contributed by atoms with van der Waals surface area (Å²) in [7, 11) is 0. The van der Waals surface area contributed by atoms with Crippen molar-refractivity contribution in [3.8, 4) is 16.2 Å². The zero-order chi connectivity index (χ0) is 49.9. The van der Waals surface area contributed by atoms with Gasteiger partial charge in [0.25, 0.3) is 0 Å². The van der Waals surface area contributed by atoms with Crippen LogP contribution in [0.2, 0.25) is 5.02 Å². The first-order valence-corrected chi connectivity index (χ1v) is 25.0. The van der Waals surface area contributed by atoms with Crippen molar-refractivity contribution in [1.82, 2.24) is 30.7 Å². The van der Waals surface area contributed by atoms with E-state index >= 15 is 0 Å². The Morgan fingerprint density at radius 3 is 2.29 bits per heavy atom. The lowest BCUT2D eigenvalue weighted by molar-refractivity contribution is -0.144. The summed E-state index contributed by atoms with van der Waals surface area (Å²) in [5, 5.41) is 20.0. The van der Waals surface area contributed by atoms with E-state index in [0.29, 0.717) is 55.8 Å². The van der Waals surface area contributed by atoms with Gasteiger partial charge in [-0.2, -0.15) is 0 Å². The van der Waals surface area contributed by atoms with Crippen molar-refractivity contribution in [3.63, 3.8) is 0 Å². The highest BCUT2D eigenvalue weighted by Gasteiger charge is 2.45. The van der Waals surface area contributed by atoms with Gasteiger partial charge in [0, 0.05) is 32.4 Å². The molecule has 6 amide bonds. The van der Waals surface area contributed by atoms with Crippen molar-refractivity contribution >= 4 is 58.4 Å². The van der Waals surface area contributed by atoms with E-state index in [1.165, 1.54) is 4.90 Å². The van der Waals surface area contributed by atoms with Crippen molar-refractivity contribution < 1.29 is 38.6 Å². The minimum Gasteiger partial charge on any atom is -0.490 e. The van der Waals surface area contributed by atoms with E-state index in [4.69, 9.17) is 27.8 Å². The standard InChI is InChI=1S/C50H71ClN8O8S/c1-29(2)24-37(52)48(65)58-23-11-14-38(58)46(63)56-35(21-22-41(53)61)27-67-40-15-10-13-33(43(40)51)12-8-9-16-42(62)57-45(50(5,6)7)49(66)59-26-36(60)25-39(59)47(64)55-30(3)32-17-19-34(20-18-32)44-31(4)54-28-68-44/h10,13,15,17-20,28-30,35-39,45,60H,8-9,11-12,14,16,21-27,52H2,1-7H3,(H2,53,61)(H,55,64)(H,56,63)(H,57,62)/t30-,35-,36+,37-,38-,39-,45+/m0/s1. The molecule has 18 heteroatoms. The van der Waals surface area contributed by atoms with Crippen LogP contribution in [0.25, 0.3) is 10.4 Å². The number of likely N-dealkylation sites (tertiary alicyclic amines) is 2. The number of hydrogen-bond donors (Lipinski definition) is 6. The molecule has 68 heavy (non-hydrogen) atoms. The molecule has 2 saturated heterocycles. The number of aryl methyl sites for hydroxylation is 2. The van der Waals surface area contributed by atoms with Gasteiger partial charge in [-0.05, 0) is 92.9 Å². The number of thiazole rings is 1. The fourth-order valence-corrected chi connectivity index (χ4v) is 9.92. The van der Waals surface area contributed by atoms with Crippen LogP contribution in [0.3, 0.4) is 0 Å². The molecule has 1 aromatic heterocycles. The summed E-state index contributed by atoms with van der Waals surface area (Å²) in [6.45, 7) is 13.8. The van der Waals surface area contributed by atoms with E-state index in [-0.39, 0.29) is 74.4 Å². The highest BCUT2D eigenvalue weighted by atomic mass is 35.5. The molecule has 2 aliphatic rings. The Labute approximate surface area is 409 Å². The molecule has 3 aromatic rings. The monoisotopic (exact) mass is 978 g/mol. The number of carbonyl (C=O) groups is 6. The number of hydrogen-bond acceptors (Lipinski definition) is 11. The maximum Gasteiger partial charge on any atom is 0.246 e. The topological polar surface area (TPSA) is 239 Å². The first kappa shape index (κ1) is 53.8. The number of β-amino-alcohol motifs (C(OH)–C–C–N with tert-alkyl or cyclic N) is 1. The molecule has 0 radical (unpaired) electrons. The minimum absolute atomic E-state index is 0.00630. The molecule has 16 nitrogen and oxygen atoms in total. The molecular formula is C50H71ClN8O8S. The molecule has 3 heterocycles. The molecular weight excluding hydrogens is 908 g/mol. The predicted octanol–water partition coefficient (Wildman–Crippen LogP) is 5.35. The van der Waals surface area contributed by atoms with Gasteiger partial charge in [-0.25, -0.2) is 4.98 Å². The van der Waals surface area contributed by atoms with E-state index < -0.39 is 53.5 Å². The molecule has 372 valence electrons. The Balaban J connectivity index is 1.13. The maximum atomic E-state index is 14.2. The number of unbranched alkanes of at least 4 members (excludes halogenated alkanes) is 1. The number of nitrogens with one attached hydrogen (secondary N) is 3. The molecule has 0 spiro atoms. The molecule has 0 aliphatic carbocycles. The summed E-state index contributed by atoms with van der Waals surface area (Å²) in [4.78, 5) is 88.1. The summed E-state index contributed by atoms with van der Waals surface area (Å²) >= 11 is 8.39. The predicted molar refractivity (Wildman–Crippen MR) is 263 cm³/mol. The van der Waals surface area contributed by atoms with Crippen LogP contribution in [0.4, 0.5) is 0 Å². The van der Waals surface area contributed by atoms with E-state index in [0.717, 1.165) is 27.3 Å². The van der Waals surface area contributed by atoms with Crippen LogP contribution in [0.1, 0.15) is 122 Å². The van der Waals surface area contributed by atoms with Gasteiger partial charge in [-0.3, -0.25) is 28.8 Å². The lowest BCUT2D eigenvalue weighted by atomic mass is 9.85. The number of halogens is 1. The number of carbonyl (C=O) groups excluding carboxylic acids is 6. The van der Waals surface area contributed by atoms with Crippen LogP contribution in [0, 0.1) is 18.3 Å². The second-order valence-corrected chi connectivity index (χ2v) is 21.0. The number of ether oxygens (including phenoxy) is 1. The molecule has 5 rings (SSSR count). The molecule has 7 atom stereocenters.